The molecule has 0 radical (unpaired) electrons. The quantitative estimate of drug-likeness (QED) is 0.817. The summed E-state index contributed by atoms with van der Waals surface area (Å²) in [4.78, 5) is 23.4. The van der Waals surface area contributed by atoms with Gasteiger partial charge in [0.25, 0.3) is 5.91 Å². The number of halogens is 2. The van der Waals surface area contributed by atoms with Gasteiger partial charge in [0.2, 0.25) is 0 Å². The lowest BCUT2D eigenvalue weighted by atomic mass is 10.1. The van der Waals surface area contributed by atoms with Gasteiger partial charge in [0.1, 0.15) is 17.7 Å². The highest BCUT2D eigenvalue weighted by molar-refractivity contribution is 7.98. The first-order valence-electron chi connectivity index (χ1n) is 5.82. The van der Waals surface area contributed by atoms with Crippen molar-refractivity contribution in [3.05, 3.63) is 35.4 Å². The predicted molar refractivity (Wildman–Crippen MR) is 72.6 cm³/mol. The van der Waals surface area contributed by atoms with Crippen molar-refractivity contribution in [3.63, 3.8) is 0 Å². The third-order valence-electron chi connectivity index (χ3n) is 2.58. The number of carbonyl (C=O) groups excluding carboxylic acids is 2. The average Bonchev–Trinajstić information content (AvgIpc) is 2.42. The number of methoxy groups -OCH3 is 1. The van der Waals surface area contributed by atoms with Gasteiger partial charge in [-0.15, -0.1) is 0 Å². The Morgan fingerprint density at radius 1 is 1.40 bits per heavy atom. The summed E-state index contributed by atoms with van der Waals surface area (Å²) < 4.78 is 30.8. The predicted octanol–water partition coefficient (Wildman–Crippen LogP) is 1.99. The lowest BCUT2D eigenvalue weighted by Crippen LogP contribution is -2.42. The molecular formula is C13H15F2NO3S. The van der Waals surface area contributed by atoms with E-state index < -0.39 is 29.6 Å². The highest BCUT2D eigenvalue weighted by atomic mass is 32.2. The van der Waals surface area contributed by atoms with Crippen LogP contribution in [0.1, 0.15) is 16.8 Å². The molecule has 0 unspecified atom stereocenters. The molecule has 1 rings (SSSR count). The van der Waals surface area contributed by atoms with Crippen molar-refractivity contribution in [3.8, 4) is 0 Å². The molecule has 1 aromatic rings. The molecule has 0 aliphatic carbocycles. The SMILES string of the molecule is COC(=O)[C@@H](CCSC)NC(=O)c1ccc(F)cc1F. The second-order valence-electron chi connectivity index (χ2n) is 3.95. The van der Waals surface area contributed by atoms with Crippen molar-refractivity contribution < 1.29 is 23.1 Å². The molecule has 0 saturated heterocycles. The first-order chi connectivity index (χ1) is 9.49. The molecule has 0 spiro atoms. The highest BCUT2D eigenvalue weighted by Gasteiger charge is 2.23. The van der Waals surface area contributed by atoms with Gasteiger partial charge in [-0.05, 0) is 30.6 Å². The molecule has 110 valence electrons. The zero-order valence-electron chi connectivity index (χ0n) is 11.1. The van der Waals surface area contributed by atoms with Gasteiger partial charge >= 0.3 is 5.97 Å². The van der Waals surface area contributed by atoms with E-state index >= 15 is 0 Å². The van der Waals surface area contributed by atoms with E-state index in [2.05, 4.69) is 10.1 Å². The van der Waals surface area contributed by atoms with Crippen LogP contribution >= 0.6 is 11.8 Å². The summed E-state index contributed by atoms with van der Waals surface area (Å²) in [6, 6.07) is 1.77. The number of thioether (sulfide) groups is 1. The minimum atomic E-state index is -0.976. The molecule has 4 nitrogen and oxygen atoms in total. The molecule has 0 heterocycles. The number of carbonyl (C=O) groups is 2. The van der Waals surface area contributed by atoms with Crippen LogP contribution in [-0.2, 0) is 9.53 Å². The number of nitrogens with one attached hydrogen (secondary N) is 1. The van der Waals surface area contributed by atoms with Crippen molar-refractivity contribution >= 4 is 23.6 Å². The molecule has 0 aromatic heterocycles. The molecule has 1 N–H and O–H groups in total. The fourth-order valence-corrected chi connectivity index (χ4v) is 2.01. The zero-order chi connectivity index (χ0) is 15.1. The van der Waals surface area contributed by atoms with Crippen LogP contribution in [0.5, 0.6) is 0 Å². The summed E-state index contributed by atoms with van der Waals surface area (Å²) in [6.45, 7) is 0. The number of amides is 1. The van der Waals surface area contributed by atoms with Crippen LogP contribution in [0.3, 0.4) is 0 Å². The summed E-state index contributed by atoms with van der Waals surface area (Å²) in [6.07, 6.45) is 2.22. The van der Waals surface area contributed by atoms with Gasteiger partial charge in [-0.25, -0.2) is 13.6 Å². The molecular weight excluding hydrogens is 288 g/mol. The minimum Gasteiger partial charge on any atom is -0.467 e. The van der Waals surface area contributed by atoms with Crippen LogP contribution < -0.4 is 5.32 Å². The van der Waals surface area contributed by atoms with Crippen LogP contribution in [-0.4, -0.2) is 37.0 Å². The second-order valence-corrected chi connectivity index (χ2v) is 4.94. The molecule has 0 aliphatic rings. The number of hydrogen-bond acceptors (Lipinski definition) is 4. The summed E-state index contributed by atoms with van der Waals surface area (Å²) in [5.74, 6) is -2.50. The van der Waals surface area contributed by atoms with Gasteiger partial charge in [-0.3, -0.25) is 4.79 Å². The number of benzene rings is 1. The van der Waals surface area contributed by atoms with Gasteiger partial charge in [-0.2, -0.15) is 11.8 Å². The Labute approximate surface area is 119 Å². The van der Waals surface area contributed by atoms with E-state index in [4.69, 9.17) is 0 Å². The topological polar surface area (TPSA) is 55.4 Å². The van der Waals surface area contributed by atoms with Crippen LogP contribution in [0.2, 0.25) is 0 Å². The van der Waals surface area contributed by atoms with Crippen LogP contribution in [0.25, 0.3) is 0 Å². The van der Waals surface area contributed by atoms with Crippen molar-refractivity contribution in [1.29, 1.82) is 0 Å². The molecule has 1 atom stereocenters. The van der Waals surface area contributed by atoms with E-state index in [-0.39, 0.29) is 5.56 Å². The Morgan fingerprint density at radius 2 is 2.10 bits per heavy atom. The number of rotatable bonds is 6. The highest BCUT2D eigenvalue weighted by Crippen LogP contribution is 2.11. The van der Waals surface area contributed by atoms with E-state index in [0.717, 1.165) is 12.1 Å². The normalized spacial score (nSPS) is 11.8. The van der Waals surface area contributed by atoms with E-state index in [9.17, 15) is 18.4 Å². The monoisotopic (exact) mass is 303 g/mol. The van der Waals surface area contributed by atoms with Crippen molar-refractivity contribution in [1.82, 2.24) is 5.32 Å². The first kappa shape index (κ1) is 16.4. The molecule has 0 bridgehead atoms. The van der Waals surface area contributed by atoms with Gasteiger partial charge in [-0.1, -0.05) is 0 Å². The van der Waals surface area contributed by atoms with E-state index in [0.29, 0.717) is 18.2 Å². The van der Waals surface area contributed by atoms with Crippen LogP contribution in [0.15, 0.2) is 18.2 Å². The fraction of sp³-hybridized carbons (Fsp3) is 0.385. The lowest BCUT2D eigenvalue weighted by molar-refractivity contribution is -0.142. The molecule has 0 saturated carbocycles. The number of ether oxygens (including phenoxy) is 1. The van der Waals surface area contributed by atoms with E-state index in [1.807, 2.05) is 6.26 Å². The molecule has 0 aliphatic heterocycles. The second kappa shape index (κ2) is 7.84. The molecule has 1 amide bonds. The van der Waals surface area contributed by atoms with Gasteiger partial charge in [0.15, 0.2) is 0 Å². The molecule has 20 heavy (non-hydrogen) atoms. The standard InChI is InChI=1S/C13H15F2NO3S/c1-19-13(18)11(5-6-20-2)16-12(17)9-4-3-8(14)7-10(9)15/h3-4,7,11H,5-6H2,1-2H3,(H,16,17)/t11-/m1/s1. The molecule has 0 fully saturated rings. The van der Waals surface area contributed by atoms with E-state index in [1.165, 1.54) is 18.9 Å². The Balaban J connectivity index is 2.81. The Hall–Kier alpha value is -1.63. The average molecular weight is 303 g/mol. The Morgan fingerprint density at radius 3 is 2.65 bits per heavy atom. The van der Waals surface area contributed by atoms with Crippen LogP contribution in [0.4, 0.5) is 8.78 Å². The third-order valence-corrected chi connectivity index (χ3v) is 3.22. The smallest absolute Gasteiger partial charge is 0.328 e. The van der Waals surface area contributed by atoms with E-state index in [1.54, 1.807) is 0 Å². The largest absolute Gasteiger partial charge is 0.467 e. The number of esters is 1. The molecule has 1 aromatic carbocycles. The maximum absolute atomic E-state index is 13.5. The lowest BCUT2D eigenvalue weighted by Gasteiger charge is -2.16. The van der Waals surface area contributed by atoms with Crippen LogP contribution in [0, 0.1) is 11.6 Å². The minimum absolute atomic E-state index is 0.315. The number of hydrogen-bond donors (Lipinski definition) is 1. The summed E-state index contributed by atoms with van der Waals surface area (Å²) >= 11 is 1.50. The molecule has 7 heteroatoms. The van der Waals surface area contributed by atoms with Crippen molar-refractivity contribution in [2.75, 3.05) is 19.1 Å². The van der Waals surface area contributed by atoms with Crippen molar-refractivity contribution in [2.45, 2.75) is 12.5 Å². The maximum atomic E-state index is 13.5. The summed E-state index contributed by atoms with van der Waals surface area (Å²) in [5, 5.41) is 2.39. The van der Waals surface area contributed by atoms with Gasteiger partial charge < -0.3 is 10.1 Å². The van der Waals surface area contributed by atoms with Gasteiger partial charge in [0.05, 0.1) is 12.7 Å². The van der Waals surface area contributed by atoms with Gasteiger partial charge in [0, 0.05) is 6.07 Å². The maximum Gasteiger partial charge on any atom is 0.328 e. The summed E-state index contributed by atoms with van der Waals surface area (Å²) in [5.41, 5.74) is -0.315. The van der Waals surface area contributed by atoms with Crippen molar-refractivity contribution in [2.24, 2.45) is 0 Å². The fourth-order valence-electron chi connectivity index (χ4n) is 1.54. The zero-order valence-corrected chi connectivity index (χ0v) is 11.9. The first-order valence-corrected chi connectivity index (χ1v) is 7.21. The Bertz CT molecular complexity index is 497. The summed E-state index contributed by atoms with van der Waals surface area (Å²) in [7, 11) is 1.21. The Kier molecular flexibility index (Phi) is 6.44. The third kappa shape index (κ3) is 4.48.